The van der Waals surface area contributed by atoms with Gasteiger partial charge >= 0.3 is 0 Å². The van der Waals surface area contributed by atoms with E-state index < -0.39 is 0 Å². The minimum atomic E-state index is -0.172. The molecule has 2 aromatic carbocycles. The zero-order valence-electron chi connectivity index (χ0n) is 18.3. The number of ether oxygens (including phenoxy) is 1. The van der Waals surface area contributed by atoms with E-state index in [1.807, 2.05) is 28.6 Å². The first kappa shape index (κ1) is 23.1. The van der Waals surface area contributed by atoms with Gasteiger partial charge in [-0.1, -0.05) is 35.5 Å². The third kappa shape index (κ3) is 5.15. The highest BCUT2D eigenvalue weighted by Gasteiger charge is 2.34. The van der Waals surface area contributed by atoms with Gasteiger partial charge in [0.1, 0.15) is 5.75 Å². The van der Waals surface area contributed by atoms with E-state index in [4.69, 9.17) is 16.3 Å². The number of halogens is 1. The average Bonchev–Trinajstić information content (AvgIpc) is 3.44. The van der Waals surface area contributed by atoms with Crippen LogP contribution in [0.2, 0.25) is 5.02 Å². The predicted octanol–water partition coefficient (Wildman–Crippen LogP) is 4.19. The number of methoxy groups -OCH3 is 1. The van der Waals surface area contributed by atoms with Crippen molar-refractivity contribution in [2.24, 2.45) is 7.05 Å². The van der Waals surface area contributed by atoms with Crippen LogP contribution in [0.15, 0.2) is 53.7 Å². The molecule has 1 aliphatic heterocycles. The number of anilines is 1. The summed E-state index contributed by atoms with van der Waals surface area (Å²) in [6.45, 7) is 0.656. The molecule has 1 saturated heterocycles. The molecule has 0 spiro atoms. The molecule has 4 rings (SSSR count). The van der Waals surface area contributed by atoms with E-state index in [9.17, 15) is 9.59 Å². The first-order valence-corrected chi connectivity index (χ1v) is 11.9. The highest BCUT2D eigenvalue weighted by atomic mass is 35.5. The Labute approximate surface area is 201 Å². The highest BCUT2D eigenvalue weighted by molar-refractivity contribution is 7.99. The van der Waals surface area contributed by atoms with Crippen molar-refractivity contribution in [1.29, 1.82) is 0 Å². The fourth-order valence-corrected chi connectivity index (χ4v) is 4.69. The number of likely N-dealkylation sites (tertiary alicyclic amines) is 1. The molecule has 2 heterocycles. The average molecular weight is 486 g/mol. The molecule has 172 valence electrons. The van der Waals surface area contributed by atoms with Gasteiger partial charge in [-0.3, -0.25) is 9.59 Å². The lowest BCUT2D eigenvalue weighted by molar-refractivity contribution is -0.113. The monoisotopic (exact) mass is 485 g/mol. The Kier molecular flexibility index (Phi) is 7.20. The smallest absolute Gasteiger partial charge is 0.254 e. The Morgan fingerprint density at radius 1 is 1.18 bits per heavy atom. The lowest BCUT2D eigenvalue weighted by Gasteiger charge is -2.24. The number of carbonyl (C=O) groups excluding carboxylic acids is 2. The van der Waals surface area contributed by atoms with Gasteiger partial charge in [-0.15, -0.1) is 10.2 Å². The van der Waals surface area contributed by atoms with Crippen LogP contribution in [0.25, 0.3) is 0 Å². The molecule has 1 aromatic heterocycles. The van der Waals surface area contributed by atoms with Gasteiger partial charge in [0.05, 0.1) is 24.6 Å². The third-order valence-corrected chi connectivity index (χ3v) is 6.76. The van der Waals surface area contributed by atoms with Gasteiger partial charge in [0, 0.05) is 24.2 Å². The van der Waals surface area contributed by atoms with E-state index in [2.05, 4.69) is 15.5 Å². The molecular weight excluding hydrogens is 462 g/mol. The quantitative estimate of drug-likeness (QED) is 0.505. The summed E-state index contributed by atoms with van der Waals surface area (Å²) in [6, 6.07) is 14.0. The summed E-state index contributed by atoms with van der Waals surface area (Å²) in [5, 5.41) is 12.7. The number of amides is 2. The minimum absolute atomic E-state index is 0.0532. The normalized spacial score (nSPS) is 15.5. The molecule has 3 aromatic rings. The Morgan fingerprint density at radius 3 is 2.70 bits per heavy atom. The molecule has 1 fully saturated rings. The van der Waals surface area contributed by atoms with Gasteiger partial charge in [-0.05, 0) is 49.2 Å². The predicted molar refractivity (Wildman–Crippen MR) is 128 cm³/mol. The van der Waals surface area contributed by atoms with Crippen LogP contribution in [0.4, 0.5) is 5.69 Å². The maximum Gasteiger partial charge on any atom is 0.254 e. The molecule has 33 heavy (non-hydrogen) atoms. The topological polar surface area (TPSA) is 89.3 Å². The summed E-state index contributed by atoms with van der Waals surface area (Å²) in [5.41, 5.74) is 1.21. The first-order valence-electron chi connectivity index (χ1n) is 10.5. The van der Waals surface area contributed by atoms with Gasteiger partial charge < -0.3 is 19.5 Å². The zero-order chi connectivity index (χ0) is 23.4. The van der Waals surface area contributed by atoms with Gasteiger partial charge in [0.2, 0.25) is 5.91 Å². The van der Waals surface area contributed by atoms with Crippen molar-refractivity contribution in [3.05, 3.63) is 64.9 Å². The van der Waals surface area contributed by atoms with Crippen LogP contribution in [0.3, 0.4) is 0 Å². The summed E-state index contributed by atoms with van der Waals surface area (Å²) in [5.74, 6) is 1.25. The number of nitrogens with zero attached hydrogens (tertiary/aromatic N) is 4. The van der Waals surface area contributed by atoms with Gasteiger partial charge in [0.25, 0.3) is 5.91 Å². The Morgan fingerprint density at radius 2 is 1.94 bits per heavy atom. The number of hydrogen-bond donors (Lipinski definition) is 1. The molecule has 1 aliphatic rings. The molecular formula is C23H24ClN5O3S. The number of hydrogen-bond acceptors (Lipinski definition) is 6. The molecule has 0 bridgehead atoms. The van der Waals surface area contributed by atoms with E-state index in [1.165, 1.54) is 11.8 Å². The second-order valence-electron chi connectivity index (χ2n) is 7.60. The van der Waals surface area contributed by atoms with Crippen LogP contribution in [0.1, 0.15) is 35.1 Å². The Hall–Kier alpha value is -3.04. The van der Waals surface area contributed by atoms with Crippen LogP contribution < -0.4 is 10.1 Å². The molecule has 1 unspecified atom stereocenters. The summed E-state index contributed by atoms with van der Waals surface area (Å²) in [4.78, 5) is 27.3. The number of para-hydroxylation sites is 2. The van der Waals surface area contributed by atoms with Crippen molar-refractivity contribution in [3.63, 3.8) is 0 Å². The van der Waals surface area contributed by atoms with Crippen LogP contribution in [0, 0.1) is 0 Å². The zero-order valence-corrected chi connectivity index (χ0v) is 19.9. The van der Waals surface area contributed by atoms with Gasteiger partial charge in [-0.2, -0.15) is 0 Å². The lowest BCUT2D eigenvalue weighted by Crippen LogP contribution is -2.31. The second kappa shape index (κ2) is 10.3. The number of benzene rings is 2. The van der Waals surface area contributed by atoms with Crippen molar-refractivity contribution in [2.75, 3.05) is 24.7 Å². The molecule has 8 nitrogen and oxygen atoms in total. The van der Waals surface area contributed by atoms with Crippen LogP contribution in [-0.4, -0.2) is 50.9 Å². The maximum atomic E-state index is 13.1. The minimum Gasteiger partial charge on any atom is -0.495 e. The molecule has 1 N–H and O–H groups in total. The number of rotatable bonds is 7. The van der Waals surface area contributed by atoms with Crippen LogP contribution in [0.5, 0.6) is 5.75 Å². The van der Waals surface area contributed by atoms with E-state index in [0.29, 0.717) is 39.5 Å². The summed E-state index contributed by atoms with van der Waals surface area (Å²) < 4.78 is 7.13. The van der Waals surface area contributed by atoms with Gasteiger partial charge in [-0.25, -0.2) is 0 Å². The third-order valence-electron chi connectivity index (χ3n) is 5.48. The molecule has 0 radical (unpaired) electrons. The number of thioether (sulfide) groups is 1. The van der Waals surface area contributed by atoms with Crippen molar-refractivity contribution in [2.45, 2.75) is 24.0 Å². The van der Waals surface area contributed by atoms with E-state index in [-0.39, 0.29) is 23.6 Å². The van der Waals surface area contributed by atoms with Crippen molar-refractivity contribution in [1.82, 2.24) is 19.7 Å². The highest BCUT2D eigenvalue weighted by Crippen LogP contribution is 2.33. The molecule has 2 amide bonds. The number of nitrogens with one attached hydrogen (secondary N) is 1. The Balaban J connectivity index is 1.42. The SMILES string of the molecule is COc1ccccc1NC(=O)CSc1nnc(C2CCCN2C(=O)c2ccc(Cl)cc2)n1C. The van der Waals surface area contributed by atoms with Crippen molar-refractivity contribution >= 4 is 40.9 Å². The van der Waals surface area contributed by atoms with Gasteiger partial charge in [0.15, 0.2) is 11.0 Å². The number of carbonyl (C=O) groups is 2. The number of aromatic nitrogens is 3. The Bertz CT molecular complexity index is 1150. The van der Waals surface area contributed by atoms with E-state index in [0.717, 1.165) is 12.8 Å². The second-order valence-corrected chi connectivity index (χ2v) is 8.98. The van der Waals surface area contributed by atoms with Crippen molar-refractivity contribution in [3.8, 4) is 5.75 Å². The van der Waals surface area contributed by atoms with E-state index in [1.54, 1.807) is 43.5 Å². The summed E-state index contributed by atoms with van der Waals surface area (Å²) >= 11 is 7.25. The standard InChI is InChI=1S/C23H24ClN5O3S/c1-28-21(18-7-5-13-29(18)22(31)15-9-11-16(24)12-10-15)26-27-23(28)33-14-20(30)25-17-6-3-4-8-19(17)32-2/h3-4,6,8-12,18H,5,7,13-14H2,1-2H3,(H,25,30). The fourth-order valence-electron chi connectivity index (χ4n) is 3.84. The molecule has 10 heteroatoms. The molecule has 0 saturated carbocycles. The van der Waals surface area contributed by atoms with Crippen molar-refractivity contribution < 1.29 is 14.3 Å². The summed E-state index contributed by atoms with van der Waals surface area (Å²) in [6.07, 6.45) is 1.70. The first-order chi connectivity index (χ1) is 16.0. The maximum absolute atomic E-state index is 13.1. The lowest BCUT2D eigenvalue weighted by atomic mass is 10.1. The largest absolute Gasteiger partial charge is 0.495 e. The molecule has 1 atom stereocenters. The summed E-state index contributed by atoms with van der Waals surface area (Å²) in [7, 11) is 3.42. The fraction of sp³-hybridized carbons (Fsp3) is 0.304. The van der Waals surface area contributed by atoms with Crippen LogP contribution in [-0.2, 0) is 11.8 Å². The van der Waals surface area contributed by atoms with E-state index >= 15 is 0 Å². The van der Waals surface area contributed by atoms with Crippen LogP contribution >= 0.6 is 23.4 Å². The molecule has 0 aliphatic carbocycles.